The summed E-state index contributed by atoms with van der Waals surface area (Å²) in [7, 11) is 0. The molecule has 4 heterocycles. The average Bonchev–Trinajstić information content (AvgIpc) is 0.953. The predicted octanol–water partition coefficient (Wildman–Crippen LogP) is 11.3. The Balaban J connectivity index is 0.000000233. The molecule has 0 aromatic heterocycles. The van der Waals surface area contributed by atoms with E-state index in [9.17, 15) is 51.1 Å². The number of benzene rings is 4. The third-order valence-electron chi connectivity index (χ3n) is 14.9. The number of hydrogen-bond acceptors (Lipinski definition) is 18. The molecular formula is C71H98F4N8O13. The first-order chi connectivity index (χ1) is 45.4. The molecule has 96 heavy (non-hydrogen) atoms. The first-order valence-electron chi connectivity index (χ1n) is 32.8. The largest absolute Gasteiger partial charge is 0.466 e. The quantitative estimate of drug-likeness (QED) is 0.0363. The molecule has 3 amide bonds. The third-order valence-corrected chi connectivity index (χ3v) is 14.9. The number of ether oxygens (including phenoxy) is 6. The van der Waals surface area contributed by atoms with Gasteiger partial charge in [-0.3, -0.25) is 14.4 Å². The van der Waals surface area contributed by atoms with Gasteiger partial charge in [0.2, 0.25) is 0 Å². The molecule has 4 saturated heterocycles. The SMILES string of the molecule is CC(C)(C)OC(=O)N1CCN(c2ccc(C=O)cc2F)CC1.CCOC(=O)/C=C\c1ccc(N2CCN(C(=O)OC(C)(C)C)CC2)c(F)c1.CCOC(=O)CCc1ccc(N2CCN(C(=O)OC(C)(C)C)CC2)c(F)c1.CCOC(=O)CCc1ccc(N2CCNCC2)c(F)c1. The van der Waals surface area contributed by atoms with E-state index < -0.39 is 28.6 Å². The maximum atomic E-state index is 14.5. The van der Waals surface area contributed by atoms with Gasteiger partial charge in [0, 0.05) is 129 Å². The monoisotopic (exact) mass is 1350 g/mol. The first-order valence-corrected chi connectivity index (χ1v) is 32.8. The molecule has 0 saturated carbocycles. The molecule has 1 N–H and O–H groups in total. The highest BCUT2D eigenvalue weighted by molar-refractivity contribution is 5.87. The van der Waals surface area contributed by atoms with Gasteiger partial charge in [-0.1, -0.05) is 18.2 Å². The molecule has 25 heteroatoms. The van der Waals surface area contributed by atoms with Crippen LogP contribution in [0.1, 0.15) is 123 Å². The summed E-state index contributed by atoms with van der Waals surface area (Å²) in [6.07, 6.45) is 3.88. The number of carbonyl (C=O) groups excluding carboxylic acids is 7. The zero-order valence-electron chi connectivity index (χ0n) is 57.9. The van der Waals surface area contributed by atoms with Crippen molar-refractivity contribution in [3.63, 3.8) is 0 Å². The Morgan fingerprint density at radius 2 is 0.740 bits per heavy atom. The predicted molar refractivity (Wildman–Crippen MR) is 362 cm³/mol. The standard InChI is InChI=1S/C20H29FN2O4.C20H27FN2O4.C16H21FN2O3.C15H21FN2O2/c2*1-5-26-18(24)9-7-15-6-8-17(16(21)14-15)22-10-12-23(13-11-22)19(25)27-20(2,3)4;1-16(2,3)22-15(21)19-8-6-18(7-9-19)14-5-4-12(11-20)10-13(14)17;1-2-20-15(19)6-4-12-3-5-14(13(16)11-12)18-9-7-17-8-10-18/h6,8,14H,5,7,9-13H2,1-4H3;6-9,14H,5,10-13H2,1-4H3;4-5,10-11H,6-9H2,1-3H3;3,5,11,17H,2,4,6-10H2,1H3/b;9-7-;;. The van der Waals surface area contributed by atoms with Gasteiger partial charge >= 0.3 is 36.2 Å². The third kappa shape index (κ3) is 26.9. The van der Waals surface area contributed by atoms with Crippen LogP contribution in [-0.4, -0.2) is 199 Å². The zero-order chi connectivity index (χ0) is 70.8. The number of amides is 3. The number of carbonyl (C=O) groups is 7. The van der Waals surface area contributed by atoms with Crippen molar-refractivity contribution in [2.45, 2.75) is 126 Å². The second-order valence-electron chi connectivity index (χ2n) is 25.9. The number of nitrogens with zero attached hydrogens (tertiary/aromatic N) is 7. The molecule has 0 radical (unpaired) electrons. The van der Waals surface area contributed by atoms with E-state index in [4.69, 9.17) is 28.4 Å². The lowest BCUT2D eigenvalue weighted by molar-refractivity contribution is -0.144. The molecule has 4 aromatic rings. The average molecular weight is 1350 g/mol. The van der Waals surface area contributed by atoms with Crippen LogP contribution in [0.2, 0.25) is 0 Å². The van der Waals surface area contributed by atoms with Crippen molar-refractivity contribution in [1.82, 2.24) is 20.0 Å². The highest BCUT2D eigenvalue weighted by Crippen LogP contribution is 2.28. The molecule has 4 aliphatic heterocycles. The Hall–Kier alpha value is -8.61. The highest BCUT2D eigenvalue weighted by Gasteiger charge is 2.30. The lowest BCUT2D eigenvalue weighted by Gasteiger charge is -2.36. The lowest BCUT2D eigenvalue weighted by atomic mass is 10.1. The fourth-order valence-corrected chi connectivity index (χ4v) is 10.2. The van der Waals surface area contributed by atoms with E-state index in [-0.39, 0.29) is 54.1 Å². The Morgan fingerprint density at radius 3 is 1.05 bits per heavy atom. The van der Waals surface area contributed by atoms with Crippen LogP contribution in [-0.2, 0) is 55.6 Å². The van der Waals surface area contributed by atoms with E-state index in [0.717, 1.165) is 37.3 Å². The number of anilines is 4. The molecule has 4 fully saturated rings. The second kappa shape index (κ2) is 37.6. The van der Waals surface area contributed by atoms with Crippen LogP contribution >= 0.6 is 0 Å². The molecule has 21 nitrogen and oxygen atoms in total. The van der Waals surface area contributed by atoms with E-state index in [1.165, 1.54) is 36.4 Å². The van der Waals surface area contributed by atoms with Crippen LogP contribution in [0, 0.1) is 23.3 Å². The summed E-state index contributed by atoms with van der Waals surface area (Å²) < 4.78 is 87.8. The number of rotatable bonds is 16. The van der Waals surface area contributed by atoms with Crippen molar-refractivity contribution in [2.24, 2.45) is 0 Å². The minimum Gasteiger partial charge on any atom is -0.466 e. The number of piperazine rings is 4. The maximum Gasteiger partial charge on any atom is 0.410 e. The van der Waals surface area contributed by atoms with Crippen LogP contribution in [0.4, 0.5) is 54.7 Å². The van der Waals surface area contributed by atoms with Gasteiger partial charge in [-0.25, -0.2) is 36.7 Å². The number of aldehydes is 1. The van der Waals surface area contributed by atoms with Crippen molar-refractivity contribution in [2.75, 3.05) is 144 Å². The summed E-state index contributed by atoms with van der Waals surface area (Å²) in [5, 5.41) is 3.24. The summed E-state index contributed by atoms with van der Waals surface area (Å²) in [5.74, 6) is -2.29. The molecule has 4 aromatic carbocycles. The zero-order valence-corrected chi connectivity index (χ0v) is 57.9. The highest BCUT2D eigenvalue weighted by atomic mass is 19.1. The van der Waals surface area contributed by atoms with Gasteiger partial charge in [0.1, 0.15) is 46.4 Å². The molecule has 0 atom stereocenters. The van der Waals surface area contributed by atoms with Gasteiger partial charge in [-0.2, -0.15) is 0 Å². The smallest absolute Gasteiger partial charge is 0.410 e. The van der Waals surface area contributed by atoms with Crippen molar-refractivity contribution < 1.29 is 79.5 Å². The fourth-order valence-electron chi connectivity index (χ4n) is 10.2. The topological polar surface area (TPSA) is 210 Å². The number of halogens is 4. The summed E-state index contributed by atoms with van der Waals surface area (Å²) >= 11 is 0. The Labute approximate surface area is 562 Å². The summed E-state index contributed by atoms with van der Waals surface area (Å²) in [6, 6.07) is 19.5. The minimum absolute atomic E-state index is 0.215. The van der Waals surface area contributed by atoms with Gasteiger partial charge in [0.15, 0.2) is 0 Å². The first kappa shape index (κ1) is 78.1. The Kier molecular flexibility index (Phi) is 30.6. The molecule has 528 valence electrons. The lowest BCUT2D eigenvalue weighted by Crippen LogP contribution is -2.50. The molecule has 0 aliphatic carbocycles. The van der Waals surface area contributed by atoms with E-state index in [1.807, 2.05) is 94.0 Å². The van der Waals surface area contributed by atoms with Crippen LogP contribution in [0.5, 0.6) is 0 Å². The number of hydrogen-bond donors (Lipinski definition) is 1. The molecular weight excluding hydrogens is 1250 g/mol. The van der Waals surface area contributed by atoms with Crippen LogP contribution in [0.3, 0.4) is 0 Å². The van der Waals surface area contributed by atoms with Gasteiger partial charge in [-0.05, 0) is 173 Å². The van der Waals surface area contributed by atoms with Crippen molar-refractivity contribution in [3.05, 3.63) is 124 Å². The second-order valence-corrected chi connectivity index (χ2v) is 25.9. The number of nitrogens with one attached hydrogen (secondary N) is 1. The Bertz CT molecular complexity index is 3230. The van der Waals surface area contributed by atoms with Gasteiger partial charge in [0.25, 0.3) is 0 Å². The molecule has 0 unspecified atom stereocenters. The summed E-state index contributed by atoms with van der Waals surface area (Å²) in [5.41, 5.74) is 2.99. The maximum absolute atomic E-state index is 14.5. The van der Waals surface area contributed by atoms with Crippen molar-refractivity contribution in [1.29, 1.82) is 0 Å². The number of esters is 3. The van der Waals surface area contributed by atoms with E-state index >= 15 is 0 Å². The van der Waals surface area contributed by atoms with Gasteiger partial charge in [-0.15, -0.1) is 0 Å². The molecule has 8 rings (SSSR count). The fraction of sp³-hybridized carbons (Fsp3) is 0.535. The van der Waals surface area contributed by atoms with Crippen molar-refractivity contribution in [3.8, 4) is 0 Å². The molecule has 0 spiro atoms. The minimum atomic E-state index is -0.534. The normalized spacial score (nSPS) is 15.2. The molecule has 4 aliphatic rings. The Morgan fingerprint density at radius 1 is 0.427 bits per heavy atom. The van der Waals surface area contributed by atoms with E-state index in [2.05, 4.69) is 5.32 Å². The van der Waals surface area contributed by atoms with Crippen molar-refractivity contribution >= 4 is 71.3 Å². The van der Waals surface area contributed by atoms with Gasteiger partial charge in [0.05, 0.1) is 42.6 Å². The number of aryl methyl sites for hydroxylation is 2. The van der Waals surface area contributed by atoms with E-state index in [0.29, 0.717) is 158 Å². The van der Waals surface area contributed by atoms with Gasteiger partial charge < -0.3 is 68.0 Å². The van der Waals surface area contributed by atoms with Crippen LogP contribution in [0.15, 0.2) is 78.9 Å². The van der Waals surface area contributed by atoms with Crippen LogP contribution in [0.25, 0.3) is 6.08 Å². The van der Waals surface area contributed by atoms with E-state index in [1.54, 1.807) is 71.9 Å². The summed E-state index contributed by atoms with van der Waals surface area (Å²) in [6.45, 7) is 32.2. The van der Waals surface area contributed by atoms with Crippen LogP contribution < -0.4 is 24.9 Å². The molecule has 0 bridgehead atoms. The summed E-state index contributed by atoms with van der Waals surface area (Å²) in [4.78, 5) is 93.5.